The van der Waals surface area contributed by atoms with Gasteiger partial charge in [0.15, 0.2) is 11.6 Å². The van der Waals surface area contributed by atoms with E-state index in [0.717, 1.165) is 23.0 Å². The first-order chi connectivity index (χ1) is 11.4. The van der Waals surface area contributed by atoms with E-state index in [4.69, 9.17) is 16.3 Å². The number of methoxy groups -OCH3 is 1. The Labute approximate surface area is 141 Å². The Hall–Kier alpha value is -2.47. The molecule has 1 N–H and O–H groups in total. The van der Waals surface area contributed by atoms with Gasteiger partial charge in [0.1, 0.15) is 5.56 Å². The highest BCUT2D eigenvalue weighted by molar-refractivity contribution is 6.35. The molecule has 3 aromatic rings. The fourth-order valence-electron chi connectivity index (χ4n) is 2.42. The minimum atomic E-state index is -4.53. The Morgan fingerprint density at radius 1 is 1.12 bits per heavy atom. The van der Waals surface area contributed by atoms with Gasteiger partial charge in [0, 0.05) is 22.3 Å². The predicted molar refractivity (Wildman–Crippen MR) is 88.0 cm³/mol. The topological polar surface area (TPSA) is 34.1 Å². The van der Waals surface area contributed by atoms with Crippen LogP contribution in [0.1, 0.15) is 5.56 Å². The van der Waals surface area contributed by atoms with Crippen LogP contribution in [0.5, 0.6) is 5.75 Å². The Morgan fingerprint density at radius 2 is 1.92 bits per heavy atom. The van der Waals surface area contributed by atoms with E-state index in [0.29, 0.717) is 10.7 Å². The zero-order valence-corrected chi connectivity index (χ0v) is 13.2. The number of aromatic nitrogens is 1. The number of hydrogen-bond acceptors (Lipinski definition) is 3. The summed E-state index contributed by atoms with van der Waals surface area (Å²) >= 11 is 6.16. The molecule has 0 saturated carbocycles. The summed E-state index contributed by atoms with van der Waals surface area (Å²) in [5, 5.41) is 5.13. The Bertz CT molecular complexity index is 897. The van der Waals surface area contributed by atoms with Crippen LogP contribution in [0, 0.1) is 0 Å². The van der Waals surface area contributed by atoms with E-state index in [2.05, 4.69) is 10.3 Å². The molecule has 24 heavy (non-hydrogen) atoms. The summed E-state index contributed by atoms with van der Waals surface area (Å²) in [5.41, 5.74) is -0.331. The quantitative estimate of drug-likeness (QED) is 0.660. The van der Waals surface area contributed by atoms with E-state index in [1.807, 2.05) is 18.2 Å². The molecule has 1 heterocycles. The molecule has 0 aliphatic carbocycles. The van der Waals surface area contributed by atoms with Crippen molar-refractivity contribution in [1.29, 1.82) is 0 Å². The van der Waals surface area contributed by atoms with Crippen LogP contribution < -0.4 is 10.1 Å². The lowest BCUT2D eigenvalue weighted by atomic mass is 10.1. The Balaban J connectivity index is 2.04. The maximum atomic E-state index is 13.1. The van der Waals surface area contributed by atoms with Gasteiger partial charge < -0.3 is 10.1 Å². The van der Waals surface area contributed by atoms with Gasteiger partial charge in [0.05, 0.1) is 7.11 Å². The maximum absolute atomic E-state index is 13.1. The molecular weight excluding hydrogens is 341 g/mol. The molecule has 0 unspecified atom stereocenters. The average Bonchev–Trinajstić information content (AvgIpc) is 2.54. The first-order valence-corrected chi connectivity index (χ1v) is 7.33. The molecule has 0 radical (unpaired) electrons. The number of nitrogens with one attached hydrogen (secondary N) is 1. The van der Waals surface area contributed by atoms with Crippen LogP contribution in [0.2, 0.25) is 5.02 Å². The van der Waals surface area contributed by atoms with Crippen LogP contribution in [0.15, 0.2) is 48.7 Å². The first kappa shape index (κ1) is 16.4. The van der Waals surface area contributed by atoms with E-state index < -0.39 is 11.7 Å². The van der Waals surface area contributed by atoms with Crippen molar-refractivity contribution in [3.8, 4) is 5.75 Å². The number of anilines is 2. The Morgan fingerprint density at radius 3 is 2.62 bits per heavy atom. The zero-order valence-electron chi connectivity index (χ0n) is 12.5. The molecular formula is C17H12ClF3N2O. The van der Waals surface area contributed by atoms with Crippen molar-refractivity contribution in [2.45, 2.75) is 6.18 Å². The smallest absolute Gasteiger partial charge is 0.420 e. The number of hydrogen-bond donors (Lipinski definition) is 1. The molecule has 0 spiro atoms. The molecule has 0 atom stereocenters. The highest BCUT2D eigenvalue weighted by Gasteiger charge is 2.35. The molecule has 0 amide bonds. The van der Waals surface area contributed by atoms with Crippen molar-refractivity contribution in [1.82, 2.24) is 4.98 Å². The van der Waals surface area contributed by atoms with Crippen molar-refractivity contribution >= 4 is 33.9 Å². The van der Waals surface area contributed by atoms with Gasteiger partial charge in [-0.3, -0.25) is 0 Å². The standard InChI is InChI=1S/C17H12ClF3N2O/c1-24-15-13(17(19,20)21)7-8-22-16(15)23-11-6-5-10-3-2-4-14(18)12(10)9-11/h2-9H,1H3,(H,22,23). The van der Waals surface area contributed by atoms with E-state index in [1.54, 1.807) is 18.2 Å². The van der Waals surface area contributed by atoms with Gasteiger partial charge in [0.2, 0.25) is 0 Å². The van der Waals surface area contributed by atoms with Crippen molar-refractivity contribution in [3.63, 3.8) is 0 Å². The average molecular weight is 353 g/mol. The van der Waals surface area contributed by atoms with Gasteiger partial charge in [-0.05, 0) is 29.7 Å². The van der Waals surface area contributed by atoms with Gasteiger partial charge in [0.25, 0.3) is 0 Å². The molecule has 2 aromatic carbocycles. The summed E-state index contributed by atoms with van der Waals surface area (Å²) in [6.45, 7) is 0. The molecule has 0 aliphatic heterocycles. The number of nitrogens with zero attached hydrogens (tertiary/aromatic N) is 1. The van der Waals surface area contributed by atoms with Crippen LogP contribution >= 0.6 is 11.6 Å². The van der Waals surface area contributed by atoms with Gasteiger partial charge in [-0.1, -0.05) is 29.8 Å². The second-order valence-corrected chi connectivity index (χ2v) is 5.45. The summed E-state index contributed by atoms with van der Waals surface area (Å²) in [5.74, 6) is -0.372. The Kier molecular flexibility index (Phi) is 4.24. The van der Waals surface area contributed by atoms with E-state index >= 15 is 0 Å². The lowest BCUT2D eigenvalue weighted by molar-refractivity contribution is -0.138. The second kappa shape index (κ2) is 6.20. The van der Waals surface area contributed by atoms with Crippen LogP contribution in [-0.4, -0.2) is 12.1 Å². The summed E-state index contributed by atoms with van der Waals surface area (Å²) in [4.78, 5) is 3.95. The molecule has 3 nitrogen and oxygen atoms in total. The van der Waals surface area contributed by atoms with Gasteiger partial charge in [-0.15, -0.1) is 0 Å². The lowest BCUT2D eigenvalue weighted by Crippen LogP contribution is -2.10. The van der Waals surface area contributed by atoms with E-state index in [9.17, 15) is 13.2 Å². The largest absolute Gasteiger partial charge is 0.492 e. The maximum Gasteiger partial charge on any atom is 0.420 e. The predicted octanol–water partition coefficient (Wildman–Crippen LogP) is 5.66. The van der Waals surface area contributed by atoms with Crippen LogP contribution in [0.3, 0.4) is 0 Å². The normalized spacial score (nSPS) is 11.5. The number of halogens is 4. The first-order valence-electron chi connectivity index (χ1n) is 6.95. The van der Waals surface area contributed by atoms with Crippen molar-refractivity contribution in [3.05, 3.63) is 59.2 Å². The third-order valence-electron chi connectivity index (χ3n) is 3.51. The summed E-state index contributed by atoms with van der Waals surface area (Å²) in [6, 6.07) is 11.7. The molecule has 7 heteroatoms. The number of benzene rings is 2. The molecule has 124 valence electrons. The highest BCUT2D eigenvalue weighted by atomic mass is 35.5. The molecule has 3 rings (SSSR count). The van der Waals surface area contributed by atoms with Gasteiger partial charge in [-0.2, -0.15) is 13.2 Å². The molecule has 0 bridgehead atoms. The third kappa shape index (κ3) is 3.10. The SMILES string of the molecule is COc1c(C(F)(F)F)ccnc1Nc1ccc2cccc(Cl)c2c1. The summed E-state index contributed by atoms with van der Waals surface area (Å²) in [6.07, 6.45) is -3.45. The molecule has 1 aromatic heterocycles. The van der Waals surface area contributed by atoms with Crippen LogP contribution in [0.4, 0.5) is 24.7 Å². The molecule has 0 fully saturated rings. The van der Waals surface area contributed by atoms with E-state index in [-0.39, 0.29) is 11.6 Å². The highest BCUT2D eigenvalue weighted by Crippen LogP contribution is 2.40. The van der Waals surface area contributed by atoms with Crippen molar-refractivity contribution in [2.24, 2.45) is 0 Å². The fourth-order valence-corrected chi connectivity index (χ4v) is 2.65. The van der Waals surface area contributed by atoms with Gasteiger partial charge in [-0.25, -0.2) is 4.98 Å². The minimum Gasteiger partial charge on any atom is -0.492 e. The minimum absolute atomic E-state index is 0.0151. The van der Waals surface area contributed by atoms with Crippen molar-refractivity contribution < 1.29 is 17.9 Å². The molecule has 0 aliphatic rings. The number of ether oxygens (including phenoxy) is 1. The third-order valence-corrected chi connectivity index (χ3v) is 3.84. The summed E-state index contributed by atoms with van der Waals surface area (Å²) in [7, 11) is 1.18. The van der Waals surface area contributed by atoms with Crippen LogP contribution in [-0.2, 0) is 6.18 Å². The number of pyridine rings is 1. The monoisotopic (exact) mass is 352 g/mol. The second-order valence-electron chi connectivity index (χ2n) is 5.04. The molecule has 0 saturated heterocycles. The number of rotatable bonds is 3. The number of fused-ring (bicyclic) bond motifs is 1. The van der Waals surface area contributed by atoms with Crippen molar-refractivity contribution in [2.75, 3.05) is 12.4 Å². The van der Waals surface area contributed by atoms with Crippen LogP contribution in [0.25, 0.3) is 10.8 Å². The zero-order chi connectivity index (χ0) is 17.3. The number of alkyl halides is 3. The summed E-state index contributed by atoms with van der Waals surface area (Å²) < 4.78 is 44.1. The van der Waals surface area contributed by atoms with E-state index in [1.165, 1.54) is 7.11 Å². The van der Waals surface area contributed by atoms with Gasteiger partial charge >= 0.3 is 6.18 Å². The lowest BCUT2D eigenvalue weighted by Gasteiger charge is -2.16. The fraction of sp³-hybridized carbons (Fsp3) is 0.118.